The Labute approximate surface area is 165 Å². The van der Waals surface area contributed by atoms with Crippen LogP contribution in [0.2, 0.25) is 0 Å². The number of aromatic nitrogens is 2. The maximum Gasteiger partial charge on any atom is 0.325 e. The summed E-state index contributed by atoms with van der Waals surface area (Å²) in [6, 6.07) is 9.76. The summed E-state index contributed by atoms with van der Waals surface area (Å²) >= 11 is 0. The standard InChI is InChI=1S/C21H30N4O3/c1-24(15-18-12-20(26)23-21(27)22-18)13-17-4-3-10-25(14-17)11-9-16-5-7-19(28-2)8-6-16/h5-8,12,17H,3-4,9-11,13-15H2,1-2H3,(H2,22,23,26,27)/t17-/m1/s1. The molecule has 152 valence electrons. The highest BCUT2D eigenvalue weighted by Gasteiger charge is 2.21. The summed E-state index contributed by atoms with van der Waals surface area (Å²) in [6.07, 6.45) is 3.47. The summed E-state index contributed by atoms with van der Waals surface area (Å²) in [7, 11) is 3.73. The third-order valence-electron chi connectivity index (χ3n) is 5.31. The third kappa shape index (κ3) is 6.07. The summed E-state index contributed by atoms with van der Waals surface area (Å²) in [5.41, 5.74) is 1.19. The zero-order valence-electron chi connectivity index (χ0n) is 16.7. The average Bonchev–Trinajstić information content (AvgIpc) is 2.66. The van der Waals surface area contributed by atoms with Crippen LogP contribution in [-0.2, 0) is 13.0 Å². The second kappa shape index (κ2) is 9.71. The molecule has 1 aromatic heterocycles. The topological polar surface area (TPSA) is 81.4 Å². The molecule has 0 saturated carbocycles. The van der Waals surface area contributed by atoms with Crippen LogP contribution >= 0.6 is 0 Å². The minimum atomic E-state index is -0.446. The molecular weight excluding hydrogens is 356 g/mol. The Hall–Kier alpha value is -2.38. The Morgan fingerprint density at radius 3 is 2.71 bits per heavy atom. The molecule has 7 heteroatoms. The van der Waals surface area contributed by atoms with Crippen molar-refractivity contribution in [1.82, 2.24) is 19.8 Å². The lowest BCUT2D eigenvalue weighted by atomic mass is 9.97. The molecule has 1 aromatic carbocycles. The van der Waals surface area contributed by atoms with E-state index in [9.17, 15) is 9.59 Å². The molecule has 2 aromatic rings. The van der Waals surface area contributed by atoms with E-state index in [1.807, 2.05) is 19.2 Å². The third-order valence-corrected chi connectivity index (χ3v) is 5.31. The van der Waals surface area contributed by atoms with E-state index in [0.717, 1.165) is 38.3 Å². The molecule has 1 saturated heterocycles. The predicted molar refractivity (Wildman–Crippen MR) is 110 cm³/mol. The van der Waals surface area contributed by atoms with Gasteiger partial charge in [-0.05, 0) is 56.5 Å². The van der Waals surface area contributed by atoms with Crippen LogP contribution in [0.15, 0.2) is 39.9 Å². The molecule has 1 aliphatic heterocycles. The van der Waals surface area contributed by atoms with Crippen molar-refractivity contribution in [3.05, 3.63) is 62.4 Å². The average molecular weight is 386 g/mol. The number of nitrogens with zero attached hydrogens (tertiary/aromatic N) is 2. The van der Waals surface area contributed by atoms with Gasteiger partial charge in [-0.3, -0.25) is 9.78 Å². The van der Waals surface area contributed by atoms with E-state index in [2.05, 4.69) is 31.9 Å². The fourth-order valence-corrected chi connectivity index (χ4v) is 3.98. The van der Waals surface area contributed by atoms with Crippen LogP contribution in [-0.4, -0.2) is 60.1 Å². The van der Waals surface area contributed by atoms with Crippen LogP contribution in [0.3, 0.4) is 0 Å². The van der Waals surface area contributed by atoms with Gasteiger partial charge in [0, 0.05) is 37.9 Å². The number of rotatable bonds is 8. The largest absolute Gasteiger partial charge is 0.497 e. The molecule has 2 heterocycles. The van der Waals surface area contributed by atoms with Crippen LogP contribution in [0.25, 0.3) is 0 Å². The minimum absolute atomic E-state index is 0.352. The number of H-pyrrole nitrogens is 2. The number of likely N-dealkylation sites (tertiary alicyclic amines) is 1. The summed E-state index contributed by atoms with van der Waals surface area (Å²) in [5, 5.41) is 0. The summed E-state index contributed by atoms with van der Waals surface area (Å²) < 4.78 is 5.22. The van der Waals surface area contributed by atoms with E-state index in [-0.39, 0.29) is 5.56 Å². The van der Waals surface area contributed by atoms with Crippen molar-refractivity contribution >= 4 is 0 Å². The Kier molecular flexibility index (Phi) is 7.06. The van der Waals surface area contributed by atoms with E-state index < -0.39 is 5.69 Å². The quantitative estimate of drug-likeness (QED) is 0.718. The highest BCUT2D eigenvalue weighted by Crippen LogP contribution is 2.19. The Morgan fingerprint density at radius 2 is 2.00 bits per heavy atom. The lowest BCUT2D eigenvalue weighted by Crippen LogP contribution is -2.41. The Bertz CT molecular complexity index is 831. The van der Waals surface area contributed by atoms with Gasteiger partial charge in [-0.1, -0.05) is 12.1 Å². The van der Waals surface area contributed by atoms with E-state index in [0.29, 0.717) is 18.2 Å². The van der Waals surface area contributed by atoms with Gasteiger partial charge in [-0.2, -0.15) is 0 Å². The Balaban J connectivity index is 1.47. The van der Waals surface area contributed by atoms with E-state index in [4.69, 9.17) is 4.74 Å². The summed E-state index contributed by atoms with van der Waals surface area (Å²) in [5.74, 6) is 1.50. The number of aromatic amines is 2. The number of benzene rings is 1. The van der Waals surface area contributed by atoms with Gasteiger partial charge in [0.15, 0.2) is 0 Å². The monoisotopic (exact) mass is 386 g/mol. The Morgan fingerprint density at radius 1 is 1.21 bits per heavy atom. The molecule has 2 N–H and O–H groups in total. The first-order valence-electron chi connectivity index (χ1n) is 9.88. The number of piperidine rings is 1. The molecule has 3 rings (SSSR count). The van der Waals surface area contributed by atoms with Gasteiger partial charge >= 0.3 is 5.69 Å². The fraction of sp³-hybridized carbons (Fsp3) is 0.524. The van der Waals surface area contributed by atoms with Crippen LogP contribution in [0, 0.1) is 5.92 Å². The van der Waals surface area contributed by atoms with Gasteiger partial charge in [-0.25, -0.2) is 4.79 Å². The number of hydrogen-bond acceptors (Lipinski definition) is 5. The van der Waals surface area contributed by atoms with Crippen molar-refractivity contribution in [2.24, 2.45) is 5.92 Å². The van der Waals surface area contributed by atoms with Gasteiger partial charge in [0.2, 0.25) is 0 Å². The van der Waals surface area contributed by atoms with Gasteiger partial charge in [0.25, 0.3) is 5.56 Å². The van der Waals surface area contributed by atoms with Crippen molar-refractivity contribution in [2.45, 2.75) is 25.8 Å². The van der Waals surface area contributed by atoms with Crippen molar-refractivity contribution < 1.29 is 4.74 Å². The first kappa shape index (κ1) is 20.4. The maximum absolute atomic E-state index is 11.4. The van der Waals surface area contributed by atoms with Crippen molar-refractivity contribution in [3.63, 3.8) is 0 Å². The van der Waals surface area contributed by atoms with Gasteiger partial charge in [0.05, 0.1) is 7.11 Å². The van der Waals surface area contributed by atoms with Crippen molar-refractivity contribution in [2.75, 3.05) is 40.3 Å². The molecule has 1 atom stereocenters. The van der Waals surface area contributed by atoms with Crippen molar-refractivity contribution in [3.8, 4) is 5.75 Å². The van der Waals surface area contributed by atoms with Crippen LogP contribution in [0.5, 0.6) is 5.75 Å². The zero-order chi connectivity index (χ0) is 19.9. The number of nitrogens with one attached hydrogen (secondary N) is 2. The molecule has 1 fully saturated rings. The van der Waals surface area contributed by atoms with Gasteiger partial charge < -0.3 is 19.5 Å². The number of methoxy groups -OCH3 is 1. The molecular formula is C21H30N4O3. The van der Waals surface area contributed by atoms with Gasteiger partial charge in [0.1, 0.15) is 5.75 Å². The lowest BCUT2D eigenvalue weighted by molar-refractivity contribution is 0.142. The number of ether oxygens (including phenoxy) is 1. The molecule has 0 aliphatic carbocycles. The first-order chi connectivity index (χ1) is 13.5. The lowest BCUT2D eigenvalue weighted by Gasteiger charge is -2.34. The first-order valence-corrected chi connectivity index (χ1v) is 9.88. The molecule has 0 unspecified atom stereocenters. The molecule has 0 bridgehead atoms. The summed E-state index contributed by atoms with van der Waals surface area (Å²) in [4.78, 5) is 32.5. The summed E-state index contributed by atoms with van der Waals surface area (Å²) in [6.45, 7) is 4.83. The number of hydrogen-bond donors (Lipinski definition) is 2. The van der Waals surface area contributed by atoms with Crippen LogP contribution < -0.4 is 16.0 Å². The normalized spacial score (nSPS) is 17.8. The maximum atomic E-state index is 11.4. The molecule has 0 amide bonds. The molecule has 28 heavy (non-hydrogen) atoms. The van der Waals surface area contributed by atoms with Crippen LogP contribution in [0.4, 0.5) is 0 Å². The molecule has 0 radical (unpaired) electrons. The second-order valence-electron chi connectivity index (χ2n) is 7.72. The van der Waals surface area contributed by atoms with E-state index in [1.165, 1.54) is 24.5 Å². The second-order valence-corrected chi connectivity index (χ2v) is 7.72. The SMILES string of the molecule is COc1ccc(CCN2CCC[C@H](CN(C)Cc3cc(=O)[nH]c(=O)[nH]3)C2)cc1. The van der Waals surface area contributed by atoms with Crippen LogP contribution in [0.1, 0.15) is 24.1 Å². The fourth-order valence-electron chi connectivity index (χ4n) is 3.98. The smallest absolute Gasteiger partial charge is 0.325 e. The highest BCUT2D eigenvalue weighted by atomic mass is 16.5. The molecule has 0 spiro atoms. The predicted octanol–water partition coefficient (Wildman–Crippen LogP) is 1.46. The van der Waals surface area contributed by atoms with E-state index >= 15 is 0 Å². The van der Waals surface area contributed by atoms with Gasteiger partial charge in [-0.15, -0.1) is 0 Å². The molecule has 1 aliphatic rings. The minimum Gasteiger partial charge on any atom is -0.497 e. The zero-order valence-corrected chi connectivity index (χ0v) is 16.7. The molecule has 7 nitrogen and oxygen atoms in total. The van der Waals surface area contributed by atoms with Crippen molar-refractivity contribution in [1.29, 1.82) is 0 Å². The highest BCUT2D eigenvalue weighted by molar-refractivity contribution is 5.27. The van der Waals surface area contributed by atoms with E-state index in [1.54, 1.807) is 7.11 Å².